The van der Waals surface area contributed by atoms with Crippen molar-refractivity contribution < 1.29 is 4.92 Å². The minimum absolute atomic E-state index is 0.111. The summed E-state index contributed by atoms with van der Waals surface area (Å²) in [6.45, 7) is 9.98. The molecule has 1 rings (SSSR count). The molecule has 106 valence electrons. The summed E-state index contributed by atoms with van der Waals surface area (Å²) in [6.07, 6.45) is 0. The number of hydrogen-bond acceptors (Lipinski definition) is 3. The van der Waals surface area contributed by atoms with Crippen molar-refractivity contribution in [2.75, 3.05) is 6.54 Å². The molecule has 4 nitrogen and oxygen atoms in total. The molecule has 1 aromatic carbocycles. The smallest absolute Gasteiger partial charge is 0.273 e. The van der Waals surface area contributed by atoms with Crippen LogP contribution in [0.25, 0.3) is 0 Å². The molecule has 0 saturated heterocycles. The molecule has 1 aromatic rings. The van der Waals surface area contributed by atoms with Gasteiger partial charge in [-0.25, -0.2) is 0 Å². The summed E-state index contributed by atoms with van der Waals surface area (Å²) in [7, 11) is 0. The zero-order chi connectivity index (χ0) is 14.6. The van der Waals surface area contributed by atoms with Gasteiger partial charge in [0, 0.05) is 23.2 Å². The van der Waals surface area contributed by atoms with Crippen LogP contribution in [0.5, 0.6) is 0 Å². The number of nitro groups is 1. The van der Waals surface area contributed by atoms with Gasteiger partial charge in [0.15, 0.2) is 0 Å². The van der Waals surface area contributed by atoms with E-state index in [-0.39, 0.29) is 16.0 Å². The second-order valence-electron chi connectivity index (χ2n) is 5.93. The van der Waals surface area contributed by atoms with Gasteiger partial charge < -0.3 is 5.32 Å². The van der Waals surface area contributed by atoms with E-state index >= 15 is 0 Å². The maximum absolute atomic E-state index is 10.9. The van der Waals surface area contributed by atoms with Crippen LogP contribution in [0.15, 0.2) is 18.2 Å². The van der Waals surface area contributed by atoms with Crippen LogP contribution >= 0.6 is 11.6 Å². The third-order valence-electron chi connectivity index (χ3n) is 3.48. The summed E-state index contributed by atoms with van der Waals surface area (Å²) in [5.74, 6) is 0.478. The van der Waals surface area contributed by atoms with E-state index in [2.05, 4.69) is 33.0 Å². The highest BCUT2D eigenvalue weighted by Crippen LogP contribution is 2.25. The molecule has 0 saturated carbocycles. The third-order valence-corrected chi connectivity index (χ3v) is 3.72. The van der Waals surface area contributed by atoms with Crippen LogP contribution in [-0.2, 0) is 6.54 Å². The van der Waals surface area contributed by atoms with Gasteiger partial charge in [-0.2, -0.15) is 0 Å². The largest absolute Gasteiger partial charge is 0.312 e. The molecule has 19 heavy (non-hydrogen) atoms. The molecule has 0 spiro atoms. The van der Waals surface area contributed by atoms with Crippen molar-refractivity contribution in [2.24, 2.45) is 11.3 Å². The van der Waals surface area contributed by atoms with Gasteiger partial charge in [0.2, 0.25) is 0 Å². The summed E-state index contributed by atoms with van der Waals surface area (Å²) in [5.41, 5.74) is 0.951. The molecular formula is C14H21ClN2O2. The fourth-order valence-electron chi connectivity index (χ4n) is 1.60. The highest BCUT2D eigenvalue weighted by Gasteiger charge is 2.20. The Morgan fingerprint density at radius 3 is 2.58 bits per heavy atom. The number of nitro benzene ring substituents is 1. The summed E-state index contributed by atoms with van der Waals surface area (Å²) < 4.78 is 0. The predicted molar refractivity (Wildman–Crippen MR) is 78.4 cm³/mol. The highest BCUT2D eigenvalue weighted by molar-refractivity contribution is 6.30. The third kappa shape index (κ3) is 4.80. The van der Waals surface area contributed by atoms with E-state index in [1.54, 1.807) is 12.1 Å². The Balaban J connectivity index is 2.68. The van der Waals surface area contributed by atoms with E-state index in [9.17, 15) is 10.1 Å². The van der Waals surface area contributed by atoms with Crippen molar-refractivity contribution in [1.82, 2.24) is 5.32 Å². The topological polar surface area (TPSA) is 55.2 Å². The minimum Gasteiger partial charge on any atom is -0.312 e. The molecule has 0 aromatic heterocycles. The summed E-state index contributed by atoms with van der Waals surface area (Å²) >= 11 is 5.89. The second-order valence-corrected chi connectivity index (χ2v) is 6.36. The Hall–Kier alpha value is -1.13. The van der Waals surface area contributed by atoms with Crippen LogP contribution in [0.4, 0.5) is 5.69 Å². The lowest BCUT2D eigenvalue weighted by molar-refractivity contribution is -0.385. The van der Waals surface area contributed by atoms with Crippen molar-refractivity contribution in [3.63, 3.8) is 0 Å². The fraction of sp³-hybridized carbons (Fsp3) is 0.571. The number of nitrogens with zero attached hydrogens (tertiary/aromatic N) is 1. The molecule has 0 heterocycles. The van der Waals surface area contributed by atoms with Gasteiger partial charge in [-0.1, -0.05) is 39.3 Å². The SMILES string of the molecule is CC(CNCc1cc(Cl)ccc1[N+](=O)[O-])C(C)(C)C. The molecule has 0 radical (unpaired) electrons. The highest BCUT2D eigenvalue weighted by atomic mass is 35.5. The first kappa shape index (κ1) is 15.9. The monoisotopic (exact) mass is 284 g/mol. The van der Waals surface area contributed by atoms with Crippen molar-refractivity contribution in [3.05, 3.63) is 38.9 Å². The molecule has 0 aliphatic carbocycles. The zero-order valence-corrected chi connectivity index (χ0v) is 12.6. The van der Waals surface area contributed by atoms with Gasteiger partial charge in [-0.3, -0.25) is 10.1 Å². The Kier molecular flexibility index (Phi) is 5.32. The molecule has 0 aliphatic rings. The van der Waals surface area contributed by atoms with Crippen molar-refractivity contribution in [2.45, 2.75) is 34.2 Å². The lowest BCUT2D eigenvalue weighted by atomic mass is 9.82. The molecule has 1 N–H and O–H groups in total. The lowest BCUT2D eigenvalue weighted by Gasteiger charge is -2.27. The van der Waals surface area contributed by atoms with Crippen LogP contribution in [0.3, 0.4) is 0 Å². The van der Waals surface area contributed by atoms with Crippen molar-refractivity contribution in [1.29, 1.82) is 0 Å². The number of rotatable bonds is 5. The first-order valence-corrected chi connectivity index (χ1v) is 6.73. The van der Waals surface area contributed by atoms with Gasteiger partial charge in [0.1, 0.15) is 0 Å². The molecule has 0 bridgehead atoms. The van der Waals surface area contributed by atoms with E-state index in [0.29, 0.717) is 23.0 Å². The van der Waals surface area contributed by atoms with Gasteiger partial charge in [-0.05, 0) is 30.0 Å². The Bertz CT molecular complexity index is 455. The normalized spacial score (nSPS) is 13.3. The molecule has 5 heteroatoms. The molecule has 1 atom stereocenters. The second kappa shape index (κ2) is 6.35. The van der Waals surface area contributed by atoms with E-state index in [1.807, 2.05) is 0 Å². The van der Waals surface area contributed by atoms with E-state index < -0.39 is 0 Å². The van der Waals surface area contributed by atoms with Gasteiger partial charge in [-0.15, -0.1) is 0 Å². The van der Waals surface area contributed by atoms with Crippen molar-refractivity contribution in [3.8, 4) is 0 Å². The summed E-state index contributed by atoms with van der Waals surface area (Å²) in [6, 6.07) is 4.64. The van der Waals surface area contributed by atoms with Crippen LogP contribution in [-0.4, -0.2) is 11.5 Å². The summed E-state index contributed by atoms with van der Waals surface area (Å²) in [5, 5.41) is 14.7. The molecule has 0 fully saturated rings. The Morgan fingerprint density at radius 2 is 2.05 bits per heavy atom. The maximum atomic E-state index is 10.9. The van der Waals surface area contributed by atoms with E-state index in [1.165, 1.54) is 6.07 Å². The minimum atomic E-state index is -0.374. The van der Waals surface area contributed by atoms with Gasteiger partial charge >= 0.3 is 0 Å². The number of hydrogen-bond donors (Lipinski definition) is 1. The quantitative estimate of drug-likeness (QED) is 0.656. The van der Waals surface area contributed by atoms with Crippen molar-refractivity contribution >= 4 is 17.3 Å². The van der Waals surface area contributed by atoms with E-state index in [0.717, 1.165) is 6.54 Å². The first-order valence-electron chi connectivity index (χ1n) is 6.35. The Morgan fingerprint density at radius 1 is 1.42 bits per heavy atom. The van der Waals surface area contributed by atoms with E-state index in [4.69, 9.17) is 11.6 Å². The molecule has 1 unspecified atom stereocenters. The first-order chi connectivity index (χ1) is 8.71. The fourth-order valence-corrected chi connectivity index (χ4v) is 1.80. The molecule has 0 aliphatic heterocycles. The Labute approximate surface area is 119 Å². The lowest BCUT2D eigenvalue weighted by Crippen LogP contribution is -2.29. The average Bonchev–Trinajstić information content (AvgIpc) is 2.27. The van der Waals surface area contributed by atoms with Crippen LogP contribution < -0.4 is 5.32 Å². The molecule has 0 amide bonds. The van der Waals surface area contributed by atoms with Crippen LogP contribution in [0.1, 0.15) is 33.3 Å². The predicted octanol–water partition coefficient (Wildman–Crippen LogP) is 4.02. The molecular weight excluding hydrogens is 264 g/mol. The number of nitrogens with one attached hydrogen (secondary N) is 1. The summed E-state index contributed by atoms with van der Waals surface area (Å²) in [4.78, 5) is 10.5. The van der Waals surface area contributed by atoms with Crippen LogP contribution in [0, 0.1) is 21.4 Å². The number of benzene rings is 1. The zero-order valence-electron chi connectivity index (χ0n) is 11.9. The average molecular weight is 285 g/mol. The standard InChI is InChI=1S/C14H21ClN2O2/c1-10(14(2,3)4)8-16-9-11-7-12(15)5-6-13(11)17(18)19/h5-7,10,16H,8-9H2,1-4H3. The van der Waals surface area contributed by atoms with Crippen LogP contribution in [0.2, 0.25) is 5.02 Å². The van der Waals surface area contributed by atoms with Gasteiger partial charge in [0.25, 0.3) is 5.69 Å². The van der Waals surface area contributed by atoms with Gasteiger partial charge in [0.05, 0.1) is 4.92 Å². The maximum Gasteiger partial charge on any atom is 0.273 e. The number of halogens is 1.